The standard InChI is InChI=1S/C14H19FN4OS.ClH/c1-2-12(20)9-21-14-18-17-13(7-8-16)19(14)11-5-3-10(15)4-6-11;/h3-6,12,20H,2,7-9,16H2,1H3;1H. The molecule has 22 heavy (non-hydrogen) atoms. The SMILES string of the molecule is CCC(O)CSc1nnc(CCN)n1-c1ccc(F)cc1.Cl. The molecule has 0 aliphatic heterocycles. The van der Waals surface area contributed by atoms with Gasteiger partial charge >= 0.3 is 0 Å². The minimum atomic E-state index is -0.383. The minimum absolute atomic E-state index is 0. The summed E-state index contributed by atoms with van der Waals surface area (Å²) in [5.74, 6) is 0.985. The topological polar surface area (TPSA) is 77.0 Å². The normalized spacial score (nSPS) is 12.0. The Hall–Kier alpha value is -1.15. The van der Waals surface area contributed by atoms with E-state index in [1.807, 2.05) is 11.5 Å². The van der Waals surface area contributed by atoms with E-state index < -0.39 is 0 Å². The Bertz CT molecular complexity index is 579. The van der Waals surface area contributed by atoms with E-state index in [4.69, 9.17) is 5.73 Å². The van der Waals surface area contributed by atoms with Gasteiger partial charge in [0.05, 0.1) is 6.10 Å². The zero-order valence-corrected chi connectivity index (χ0v) is 13.9. The van der Waals surface area contributed by atoms with Crippen LogP contribution >= 0.6 is 24.2 Å². The zero-order valence-electron chi connectivity index (χ0n) is 12.3. The van der Waals surface area contributed by atoms with Gasteiger partial charge in [0.2, 0.25) is 0 Å². The second-order valence-corrected chi connectivity index (χ2v) is 5.61. The predicted molar refractivity (Wildman–Crippen MR) is 88.3 cm³/mol. The second-order valence-electron chi connectivity index (χ2n) is 4.62. The van der Waals surface area contributed by atoms with Gasteiger partial charge in [0.15, 0.2) is 5.16 Å². The van der Waals surface area contributed by atoms with Crippen molar-refractivity contribution in [1.82, 2.24) is 14.8 Å². The molecule has 1 heterocycles. The lowest BCUT2D eigenvalue weighted by Crippen LogP contribution is -2.11. The number of aromatic nitrogens is 3. The van der Waals surface area contributed by atoms with Gasteiger partial charge < -0.3 is 10.8 Å². The molecular formula is C14H20ClFN4OS. The molecule has 122 valence electrons. The first-order chi connectivity index (χ1) is 10.2. The van der Waals surface area contributed by atoms with Gasteiger partial charge in [0, 0.05) is 17.9 Å². The first-order valence-electron chi connectivity index (χ1n) is 6.86. The maximum Gasteiger partial charge on any atom is 0.195 e. The average molecular weight is 347 g/mol. The van der Waals surface area contributed by atoms with E-state index in [-0.39, 0.29) is 24.3 Å². The fourth-order valence-electron chi connectivity index (χ4n) is 1.82. The molecule has 5 nitrogen and oxygen atoms in total. The number of aliphatic hydroxyl groups excluding tert-OH is 1. The summed E-state index contributed by atoms with van der Waals surface area (Å²) in [7, 11) is 0. The molecule has 1 aromatic carbocycles. The van der Waals surface area contributed by atoms with E-state index in [0.29, 0.717) is 30.3 Å². The summed E-state index contributed by atoms with van der Waals surface area (Å²) in [5.41, 5.74) is 6.39. The van der Waals surface area contributed by atoms with Crippen LogP contribution in [-0.4, -0.2) is 38.3 Å². The molecule has 0 bridgehead atoms. The van der Waals surface area contributed by atoms with Crippen LogP contribution in [0.5, 0.6) is 0 Å². The third kappa shape index (κ3) is 4.67. The third-order valence-corrected chi connectivity index (χ3v) is 4.10. The van der Waals surface area contributed by atoms with Gasteiger partial charge in [-0.05, 0) is 37.2 Å². The Balaban J connectivity index is 0.00000242. The molecule has 8 heteroatoms. The van der Waals surface area contributed by atoms with Crippen molar-refractivity contribution >= 4 is 24.2 Å². The van der Waals surface area contributed by atoms with Gasteiger partial charge in [-0.25, -0.2) is 4.39 Å². The summed E-state index contributed by atoms with van der Waals surface area (Å²) < 4.78 is 14.9. The Morgan fingerprint density at radius 1 is 1.32 bits per heavy atom. The number of rotatable bonds is 7. The summed E-state index contributed by atoms with van der Waals surface area (Å²) in [5, 5.41) is 18.7. The average Bonchev–Trinajstić information content (AvgIpc) is 2.89. The smallest absolute Gasteiger partial charge is 0.195 e. The van der Waals surface area contributed by atoms with E-state index in [9.17, 15) is 9.50 Å². The first-order valence-corrected chi connectivity index (χ1v) is 7.85. The molecule has 1 aromatic heterocycles. The molecule has 0 radical (unpaired) electrons. The van der Waals surface area contributed by atoms with E-state index in [2.05, 4.69) is 10.2 Å². The van der Waals surface area contributed by atoms with Crippen LogP contribution in [0.15, 0.2) is 29.4 Å². The molecule has 0 aliphatic carbocycles. The van der Waals surface area contributed by atoms with Crippen molar-refractivity contribution in [1.29, 1.82) is 0 Å². The van der Waals surface area contributed by atoms with Gasteiger partial charge in [-0.15, -0.1) is 22.6 Å². The van der Waals surface area contributed by atoms with Crippen LogP contribution in [0.2, 0.25) is 0 Å². The van der Waals surface area contributed by atoms with Crippen molar-refractivity contribution in [2.24, 2.45) is 5.73 Å². The Morgan fingerprint density at radius 2 is 2.00 bits per heavy atom. The summed E-state index contributed by atoms with van der Waals surface area (Å²) in [6.07, 6.45) is 0.889. The highest BCUT2D eigenvalue weighted by molar-refractivity contribution is 7.99. The Labute approximate surface area is 139 Å². The Morgan fingerprint density at radius 3 is 2.59 bits per heavy atom. The van der Waals surface area contributed by atoms with E-state index >= 15 is 0 Å². The van der Waals surface area contributed by atoms with Gasteiger partial charge in [-0.2, -0.15) is 0 Å². The van der Waals surface area contributed by atoms with Crippen LogP contribution in [0.3, 0.4) is 0 Å². The molecule has 2 aromatic rings. The Kier molecular flexibility index (Phi) is 7.81. The third-order valence-electron chi connectivity index (χ3n) is 3.03. The van der Waals surface area contributed by atoms with Crippen LogP contribution in [0, 0.1) is 5.82 Å². The maximum atomic E-state index is 13.1. The number of nitrogens with two attached hydrogens (primary N) is 1. The van der Waals surface area contributed by atoms with Gasteiger partial charge in [0.25, 0.3) is 0 Å². The first kappa shape index (κ1) is 18.9. The van der Waals surface area contributed by atoms with Crippen LogP contribution in [0.1, 0.15) is 19.2 Å². The molecule has 0 spiro atoms. The lowest BCUT2D eigenvalue weighted by atomic mass is 10.3. The highest BCUT2D eigenvalue weighted by Crippen LogP contribution is 2.23. The van der Waals surface area contributed by atoms with Crippen molar-refractivity contribution in [2.45, 2.75) is 31.0 Å². The van der Waals surface area contributed by atoms with Crippen molar-refractivity contribution in [2.75, 3.05) is 12.3 Å². The summed E-state index contributed by atoms with van der Waals surface area (Å²) >= 11 is 1.43. The predicted octanol–water partition coefficient (Wildman–Crippen LogP) is 2.19. The summed E-state index contributed by atoms with van der Waals surface area (Å²) in [6, 6.07) is 6.16. The van der Waals surface area contributed by atoms with Crippen molar-refractivity contribution < 1.29 is 9.50 Å². The highest BCUT2D eigenvalue weighted by Gasteiger charge is 2.15. The maximum absolute atomic E-state index is 13.1. The quantitative estimate of drug-likeness (QED) is 0.751. The van der Waals surface area contributed by atoms with Gasteiger partial charge in [0.1, 0.15) is 11.6 Å². The van der Waals surface area contributed by atoms with Gasteiger partial charge in [-0.3, -0.25) is 4.57 Å². The fourth-order valence-corrected chi connectivity index (χ4v) is 2.84. The molecule has 0 saturated heterocycles. The lowest BCUT2D eigenvalue weighted by molar-refractivity contribution is 0.195. The fraction of sp³-hybridized carbons (Fsp3) is 0.429. The monoisotopic (exact) mass is 346 g/mol. The van der Waals surface area contributed by atoms with Crippen molar-refractivity contribution in [3.63, 3.8) is 0 Å². The largest absolute Gasteiger partial charge is 0.392 e. The lowest BCUT2D eigenvalue weighted by Gasteiger charge is -2.11. The second kappa shape index (κ2) is 9.09. The van der Waals surface area contributed by atoms with Crippen molar-refractivity contribution in [3.05, 3.63) is 35.9 Å². The molecule has 0 aliphatic rings. The number of benzene rings is 1. The minimum Gasteiger partial charge on any atom is -0.392 e. The number of hydrogen-bond donors (Lipinski definition) is 2. The molecule has 0 fully saturated rings. The molecule has 1 atom stereocenters. The number of nitrogens with zero attached hydrogens (tertiary/aromatic N) is 3. The number of hydrogen-bond acceptors (Lipinski definition) is 5. The molecule has 0 amide bonds. The highest BCUT2D eigenvalue weighted by atomic mass is 35.5. The van der Waals surface area contributed by atoms with Gasteiger partial charge in [-0.1, -0.05) is 18.7 Å². The summed E-state index contributed by atoms with van der Waals surface area (Å²) in [6.45, 7) is 2.39. The number of halogens is 2. The molecular weight excluding hydrogens is 327 g/mol. The number of aliphatic hydroxyl groups is 1. The van der Waals surface area contributed by atoms with Crippen LogP contribution < -0.4 is 5.73 Å². The zero-order chi connectivity index (χ0) is 15.2. The van der Waals surface area contributed by atoms with E-state index in [1.54, 1.807) is 12.1 Å². The summed E-state index contributed by atoms with van der Waals surface area (Å²) in [4.78, 5) is 0. The molecule has 2 rings (SSSR count). The van der Waals surface area contributed by atoms with E-state index in [1.165, 1.54) is 23.9 Å². The molecule has 0 saturated carbocycles. The molecule has 1 unspecified atom stereocenters. The number of thioether (sulfide) groups is 1. The van der Waals surface area contributed by atoms with Crippen LogP contribution in [-0.2, 0) is 6.42 Å². The molecule has 3 N–H and O–H groups in total. The van der Waals surface area contributed by atoms with Crippen molar-refractivity contribution in [3.8, 4) is 5.69 Å². The van der Waals surface area contributed by atoms with Crippen LogP contribution in [0.25, 0.3) is 5.69 Å². The van der Waals surface area contributed by atoms with Crippen LogP contribution in [0.4, 0.5) is 4.39 Å². The van der Waals surface area contributed by atoms with E-state index in [0.717, 1.165) is 11.5 Å².